The molecule has 0 aliphatic heterocycles. The fourth-order valence-electron chi connectivity index (χ4n) is 2.41. The molecule has 0 saturated heterocycles. The van der Waals surface area contributed by atoms with Crippen molar-refractivity contribution < 1.29 is 14.3 Å². The number of rotatable bonds is 6. The van der Waals surface area contributed by atoms with Crippen molar-refractivity contribution in [3.05, 3.63) is 48.0 Å². The number of ether oxygens (including phenoxy) is 1. The SMILES string of the molecule is CCCC(=O)Nc1nc2ccc(NC(=O)c3ccc(OC)cc3)cc2s1. The Morgan fingerprint density at radius 1 is 1.12 bits per heavy atom. The van der Waals surface area contributed by atoms with Gasteiger partial charge in [-0.2, -0.15) is 0 Å². The van der Waals surface area contributed by atoms with Crippen LogP contribution >= 0.6 is 11.3 Å². The second-order valence-electron chi connectivity index (χ2n) is 5.68. The number of thiazole rings is 1. The molecule has 3 aromatic rings. The average molecular weight is 369 g/mol. The average Bonchev–Trinajstić information content (AvgIpc) is 3.03. The Morgan fingerprint density at radius 2 is 1.88 bits per heavy atom. The zero-order valence-electron chi connectivity index (χ0n) is 14.5. The van der Waals surface area contributed by atoms with E-state index in [-0.39, 0.29) is 11.8 Å². The first-order valence-corrected chi connectivity index (χ1v) is 9.06. The van der Waals surface area contributed by atoms with Gasteiger partial charge in [0.1, 0.15) is 5.75 Å². The van der Waals surface area contributed by atoms with Gasteiger partial charge in [-0.15, -0.1) is 0 Å². The lowest BCUT2D eigenvalue weighted by molar-refractivity contribution is -0.116. The quantitative estimate of drug-likeness (QED) is 0.679. The summed E-state index contributed by atoms with van der Waals surface area (Å²) in [7, 11) is 1.58. The van der Waals surface area contributed by atoms with Crippen LogP contribution < -0.4 is 15.4 Å². The highest BCUT2D eigenvalue weighted by atomic mass is 32.1. The van der Waals surface area contributed by atoms with E-state index in [4.69, 9.17) is 4.74 Å². The number of amides is 2. The van der Waals surface area contributed by atoms with E-state index in [1.54, 1.807) is 37.4 Å². The fraction of sp³-hybridized carbons (Fsp3) is 0.211. The topological polar surface area (TPSA) is 80.3 Å². The number of hydrogen-bond acceptors (Lipinski definition) is 5. The summed E-state index contributed by atoms with van der Waals surface area (Å²) < 4.78 is 5.99. The van der Waals surface area contributed by atoms with E-state index >= 15 is 0 Å². The maximum absolute atomic E-state index is 12.4. The molecule has 0 fully saturated rings. The number of nitrogens with one attached hydrogen (secondary N) is 2. The zero-order chi connectivity index (χ0) is 18.5. The zero-order valence-corrected chi connectivity index (χ0v) is 15.4. The van der Waals surface area contributed by atoms with Gasteiger partial charge < -0.3 is 15.4 Å². The van der Waals surface area contributed by atoms with Gasteiger partial charge >= 0.3 is 0 Å². The lowest BCUT2D eigenvalue weighted by Crippen LogP contribution is -2.11. The molecule has 2 aromatic carbocycles. The molecule has 26 heavy (non-hydrogen) atoms. The summed E-state index contributed by atoms with van der Waals surface area (Å²) in [5.41, 5.74) is 2.00. The molecule has 1 aromatic heterocycles. The summed E-state index contributed by atoms with van der Waals surface area (Å²) >= 11 is 1.38. The van der Waals surface area contributed by atoms with Crippen LogP contribution in [0.2, 0.25) is 0 Å². The second-order valence-corrected chi connectivity index (χ2v) is 6.71. The van der Waals surface area contributed by atoms with Crippen LogP contribution in [0.5, 0.6) is 5.75 Å². The molecule has 134 valence electrons. The summed E-state index contributed by atoms with van der Waals surface area (Å²) in [6.07, 6.45) is 1.26. The summed E-state index contributed by atoms with van der Waals surface area (Å²) in [4.78, 5) is 28.4. The van der Waals surface area contributed by atoms with Gasteiger partial charge in [0.25, 0.3) is 5.91 Å². The van der Waals surface area contributed by atoms with Crippen molar-refractivity contribution in [3.8, 4) is 5.75 Å². The summed E-state index contributed by atoms with van der Waals surface area (Å²) in [5.74, 6) is 0.456. The minimum Gasteiger partial charge on any atom is -0.497 e. The molecule has 0 aliphatic carbocycles. The van der Waals surface area contributed by atoms with Crippen LogP contribution in [0.25, 0.3) is 10.2 Å². The molecule has 0 aliphatic rings. The van der Waals surface area contributed by atoms with Crippen LogP contribution in [-0.4, -0.2) is 23.9 Å². The van der Waals surface area contributed by atoms with E-state index in [2.05, 4.69) is 15.6 Å². The molecule has 2 N–H and O–H groups in total. The smallest absolute Gasteiger partial charge is 0.255 e. The minimum atomic E-state index is -0.201. The Kier molecular flexibility index (Phi) is 5.48. The predicted molar refractivity (Wildman–Crippen MR) is 104 cm³/mol. The van der Waals surface area contributed by atoms with Crippen LogP contribution in [0.1, 0.15) is 30.1 Å². The van der Waals surface area contributed by atoms with Crippen LogP contribution in [0.4, 0.5) is 10.8 Å². The third-order valence-electron chi connectivity index (χ3n) is 3.72. The molecule has 0 spiro atoms. The van der Waals surface area contributed by atoms with Crippen molar-refractivity contribution in [2.45, 2.75) is 19.8 Å². The van der Waals surface area contributed by atoms with E-state index in [9.17, 15) is 9.59 Å². The Bertz CT molecular complexity index is 935. The molecule has 2 amide bonds. The van der Waals surface area contributed by atoms with Gasteiger partial charge in [0.2, 0.25) is 5.91 Å². The molecule has 6 nitrogen and oxygen atoms in total. The minimum absolute atomic E-state index is 0.0420. The van der Waals surface area contributed by atoms with Crippen LogP contribution in [0.3, 0.4) is 0 Å². The number of fused-ring (bicyclic) bond motifs is 1. The molecule has 3 rings (SSSR count). The highest BCUT2D eigenvalue weighted by molar-refractivity contribution is 7.22. The second kappa shape index (κ2) is 7.97. The van der Waals surface area contributed by atoms with Gasteiger partial charge in [0.05, 0.1) is 17.3 Å². The molecule has 0 unspecified atom stereocenters. The number of hydrogen-bond donors (Lipinski definition) is 2. The van der Waals surface area contributed by atoms with Gasteiger partial charge in [-0.05, 0) is 48.9 Å². The number of methoxy groups -OCH3 is 1. The number of carbonyl (C=O) groups is 2. The Balaban J connectivity index is 1.73. The molecule has 0 radical (unpaired) electrons. The van der Waals surface area contributed by atoms with E-state index in [1.807, 2.05) is 19.1 Å². The molecule has 1 heterocycles. The van der Waals surface area contributed by atoms with Crippen molar-refractivity contribution in [3.63, 3.8) is 0 Å². The van der Waals surface area contributed by atoms with Crippen molar-refractivity contribution >= 4 is 44.2 Å². The van der Waals surface area contributed by atoms with Crippen LogP contribution in [0.15, 0.2) is 42.5 Å². The molecule has 0 saturated carbocycles. The van der Waals surface area contributed by atoms with E-state index in [0.717, 1.165) is 16.6 Å². The molecule has 7 heteroatoms. The predicted octanol–water partition coefficient (Wildman–Crippen LogP) is 4.30. The number of nitrogens with zero attached hydrogens (tertiary/aromatic N) is 1. The third kappa shape index (κ3) is 4.18. The number of anilines is 2. The lowest BCUT2D eigenvalue weighted by Gasteiger charge is -2.06. The van der Waals surface area contributed by atoms with Crippen LogP contribution in [0, 0.1) is 0 Å². The lowest BCUT2D eigenvalue weighted by atomic mass is 10.2. The summed E-state index contributed by atoms with van der Waals surface area (Å²) in [6.45, 7) is 1.95. The first-order chi connectivity index (χ1) is 12.6. The highest BCUT2D eigenvalue weighted by Crippen LogP contribution is 2.28. The molecular weight excluding hydrogens is 350 g/mol. The Morgan fingerprint density at radius 3 is 2.58 bits per heavy atom. The van der Waals surface area contributed by atoms with Gasteiger partial charge in [-0.25, -0.2) is 4.98 Å². The number of aromatic nitrogens is 1. The van der Waals surface area contributed by atoms with Crippen molar-refractivity contribution in [2.75, 3.05) is 17.7 Å². The number of benzene rings is 2. The van der Waals surface area contributed by atoms with Crippen molar-refractivity contribution in [1.29, 1.82) is 0 Å². The van der Waals surface area contributed by atoms with Gasteiger partial charge in [0.15, 0.2) is 5.13 Å². The van der Waals surface area contributed by atoms with Crippen molar-refractivity contribution in [2.24, 2.45) is 0 Å². The molecule has 0 atom stereocenters. The van der Waals surface area contributed by atoms with Crippen molar-refractivity contribution in [1.82, 2.24) is 4.98 Å². The first kappa shape index (κ1) is 17.9. The Labute approximate surface area is 155 Å². The standard InChI is InChI=1S/C19H19N3O3S/c1-3-4-17(23)22-19-21-15-10-7-13(11-16(15)26-19)20-18(24)12-5-8-14(25-2)9-6-12/h5-11H,3-4H2,1-2H3,(H,20,24)(H,21,22,23). The van der Waals surface area contributed by atoms with Crippen LogP contribution in [-0.2, 0) is 4.79 Å². The van der Waals surface area contributed by atoms with E-state index < -0.39 is 0 Å². The number of carbonyl (C=O) groups excluding carboxylic acids is 2. The first-order valence-electron chi connectivity index (χ1n) is 8.25. The summed E-state index contributed by atoms with van der Waals surface area (Å²) in [6, 6.07) is 12.4. The third-order valence-corrected chi connectivity index (χ3v) is 4.66. The van der Waals surface area contributed by atoms with Gasteiger partial charge in [-0.1, -0.05) is 18.3 Å². The maximum Gasteiger partial charge on any atom is 0.255 e. The Hall–Kier alpha value is -2.93. The maximum atomic E-state index is 12.4. The largest absolute Gasteiger partial charge is 0.497 e. The van der Waals surface area contributed by atoms with E-state index in [1.165, 1.54) is 11.3 Å². The molecular formula is C19H19N3O3S. The normalized spacial score (nSPS) is 10.5. The van der Waals surface area contributed by atoms with Gasteiger partial charge in [0, 0.05) is 17.7 Å². The summed E-state index contributed by atoms with van der Waals surface area (Å²) in [5, 5.41) is 6.24. The fourth-order valence-corrected chi connectivity index (χ4v) is 3.33. The van der Waals surface area contributed by atoms with Gasteiger partial charge in [-0.3, -0.25) is 9.59 Å². The highest BCUT2D eigenvalue weighted by Gasteiger charge is 2.10. The van der Waals surface area contributed by atoms with E-state index in [0.29, 0.717) is 28.6 Å². The molecule has 0 bridgehead atoms. The monoisotopic (exact) mass is 369 g/mol.